The number of nitrogens with two attached hydrogens (primary N) is 1. The summed E-state index contributed by atoms with van der Waals surface area (Å²) in [7, 11) is 2.14. The molecule has 0 radical (unpaired) electrons. The van der Waals surface area contributed by atoms with Crippen LogP contribution < -0.4 is 5.73 Å². The second kappa shape index (κ2) is 10.0. The average molecular weight is 387 g/mol. The summed E-state index contributed by atoms with van der Waals surface area (Å²) in [6.07, 6.45) is 2.60. The lowest BCUT2D eigenvalue weighted by molar-refractivity contribution is -0.122. The van der Waals surface area contributed by atoms with Gasteiger partial charge in [-0.15, -0.1) is 0 Å². The van der Waals surface area contributed by atoms with Crippen LogP contribution in [-0.4, -0.2) is 30.9 Å². The van der Waals surface area contributed by atoms with Gasteiger partial charge in [0, 0.05) is 6.54 Å². The second-order valence-corrected chi connectivity index (χ2v) is 7.64. The molecule has 0 fully saturated rings. The summed E-state index contributed by atoms with van der Waals surface area (Å²) in [6.45, 7) is 1.91. The number of amides is 1. The van der Waals surface area contributed by atoms with E-state index in [1.165, 1.54) is 5.56 Å². The van der Waals surface area contributed by atoms with Crippen molar-refractivity contribution in [3.8, 4) is 0 Å². The molecule has 0 saturated heterocycles. The molecule has 2 N–H and O–H groups in total. The molecule has 3 nitrogen and oxygen atoms in total. The van der Waals surface area contributed by atoms with Gasteiger partial charge < -0.3 is 10.6 Å². The summed E-state index contributed by atoms with van der Waals surface area (Å²) >= 11 is 0. The molecule has 1 amide bonds. The molecule has 0 unspecified atom stereocenters. The first-order valence-electron chi connectivity index (χ1n) is 10.3. The maximum atomic E-state index is 12.8. The van der Waals surface area contributed by atoms with E-state index in [4.69, 9.17) is 5.73 Å². The van der Waals surface area contributed by atoms with Crippen LogP contribution >= 0.6 is 0 Å². The third-order valence-electron chi connectivity index (χ3n) is 5.67. The van der Waals surface area contributed by atoms with Gasteiger partial charge in [0.15, 0.2) is 0 Å². The molecular weight excluding hydrogens is 356 g/mol. The monoisotopic (exact) mass is 386 g/mol. The minimum absolute atomic E-state index is 0.290. The molecule has 0 aliphatic heterocycles. The Labute approximate surface area is 174 Å². The van der Waals surface area contributed by atoms with E-state index >= 15 is 0 Å². The molecule has 0 bridgehead atoms. The lowest BCUT2D eigenvalue weighted by Gasteiger charge is -2.32. The maximum absolute atomic E-state index is 12.8. The molecule has 3 heteroatoms. The zero-order valence-electron chi connectivity index (χ0n) is 17.1. The Morgan fingerprint density at radius 2 is 1.28 bits per heavy atom. The molecule has 0 aliphatic rings. The van der Waals surface area contributed by atoms with Crippen LogP contribution in [0.4, 0.5) is 0 Å². The lowest BCUT2D eigenvalue weighted by atomic mass is 9.70. The predicted molar refractivity (Wildman–Crippen MR) is 120 cm³/mol. The van der Waals surface area contributed by atoms with Gasteiger partial charge in [0.2, 0.25) is 5.91 Å². The Hall–Kier alpha value is -2.91. The van der Waals surface area contributed by atoms with E-state index in [2.05, 4.69) is 36.2 Å². The van der Waals surface area contributed by atoms with Gasteiger partial charge in [0.05, 0.1) is 5.41 Å². The Balaban J connectivity index is 1.71. The molecule has 3 aromatic rings. The topological polar surface area (TPSA) is 46.3 Å². The lowest BCUT2D eigenvalue weighted by Crippen LogP contribution is -2.43. The highest BCUT2D eigenvalue weighted by atomic mass is 16.1. The number of primary amides is 1. The number of nitrogens with zero attached hydrogens (tertiary/aromatic N) is 1. The standard InChI is InChI=1S/C26H30N2O/c1-28(21-18-22-12-5-2-6-13-22)20-11-19-26(25(27)29,23-14-7-3-8-15-23)24-16-9-4-10-17-24/h2-10,12-17H,11,18-21H2,1H3,(H2,27,29). The molecule has 0 heterocycles. The first kappa shape index (κ1) is 20.8. The van der Waals surface area contributed by atoms with Gasteiger partial charge in [-0.25, -0.2) is 0 Å². The molecule has 0 spiro atoms. The van der Waals surface area contributed by atoms with Crippen LogP contribution in [0.25, 0.3) is 0 Å². The summed E-state index contributed by atoms with van der Waals surface area (Å²) in [6, 6.07) is 30.4. The maximum Gasteiger partial charge on any atom is 0.232 e. The van der Waals surface area contributed by atoms with E-state index in [0.717, 1.165) is 37.1 Å². The zero-order chi connectivity index (χ0) is 20.5. The molecule has 29 heavy (non-hydrogen) atoms. The van der Waals surface area contributed by atoms with E-state index in [1.54, 1.807) is 0 Å². The van der Waals surface area contributed by atoms with Gasteiger partial charge in [-0.1, -0.05) is 91.0 Å². The first-order chi connectivity index (χ1) is 14.1. The van der Waals surface area contributed by atoms with Crippen molar-refractivity contribution in [1.29, 1.82) is 0 Å². The van der Waals surface area contributed by atoms with Crippen molar-refractivity contribution in [1.82, 2.24) is 4.90 Å². The number of carbonyl (C=O) groups is 1. The third kappa shape index (κ3) is 5.12. The Morgan fingerprint density at radius 3 is 1.76 bits per heavy atom. The van der Waals surface area contributed by atoms with Crippen LogP contribution in [0.5, 0.6) is 0 Å². The number of rotatable bonds is 10. The Bertz CT molecular complexity index is 839. The minimum atomic E-state index is -0.803. The van der Waals surface area contributed by atoms with Gasteiger partial charge in [-0.3, -0.25) is 4.79 Å². The molecule has 150 valence electrons. The smallest absolute Gasteiger partial charge is 0.232 e. The highest BCUT2D eigenvalue weighted by Gasteiger charge is 2.39. The molecule has 3 aromatic carbocycles. The molecule has 0 aliphatic carbocycles. The molecule has 0 aromatic heterocycles. The van der Waals surface area contributed by atoms with Gasteiger partial charge in [-0.05, 0) is 49.5 Å². The van der Waals surface area contributed by atoms with Crippen LogP contribution in [0.3, 0.4) is 0 Å². The average Bonchev–Trinajstić information content (AvgIpc) is 2.77. The van der Waals surface area contributed by atoms with Gasteiger partial charge in [-0.2, -0.15) is 0 Å². The van der Waals surface area contributed by atoms with Gasteiger partial charge in [0.25, 0.3) is 0 Å². The molecule has 0 saturated carbocycles. The fourth-order valence-corrected chi connectivity index (χ4v) is 4.00. The number of benzene rings is 3. The highest BCUT2D eigenvalue weighted by molar-refractivity contribution is 5.90. The van der Waals surface area contributed by atoms with Crippen molar-refractivity contribution in [3.05, 3.63) is 108 Å². The van der Waals surface area contributed by atoms with Crippen LogP contribution in [0.15, 0.2) is 91.0 Å². The third-order valence-corrected chi connectivity index (χ3v) is 5.67. The highest BCUT2D eigenvalue weighted by Crippen LogP contribution is 2.36. The summed E-state index contributed by atoms with van der Waals surface area (Å²) in [4.78, 5) is 15.1. The van der Waals surface area contributed by atoms with Crippen LogP contribution in [0.2, 0.25) is 0 Å². The van der Waals surface area contributed by atoms with E-state index in [9.17, 15) is 4.79 Å². The molecule has 3 rings (SSSR count). The predicted octanol–water partition coefficient (Wildman–Crippen LogP) is 4.41. The Morgan fingerprint density at radius 1 is 0.793 bits per heavy atom. The van der Waals surface area contributed by atoms with Crippen molar-refractivity contribution in [3.63, 3.8) is 0 Å². The fraction of sp³-hybridized carbons (Fsp3) is 0.269. The van der Waals surface area contributed by atoms with E-state index in [-0.39, 0.29) is 5.91 Å². The van der Waals surface area contributed by atoms with E-state index < -0.39 is 5.41 Å². The van der Waals surface area contributed by atoms with Crippen molar-refractivity contribution in [2.45, 2.75) is 24.7 Å². The van der Waals surface area contributed by atoms with E-state index in [1.807, 2.05) is 66.7 Å². The second-order valence-electron chi connectivity index (χ2n) is 7.64. The van der Waals surface area contributed by atoms with E-state index in [0.29, 0.717) is 6.42 Å². The van der Waals surface area contributed by atoms with Crippen LogP contribution in [-0.2, 0) is 16.6 Å². The van der Waals surface area contributed by atoms with Crippen molar-refractivity contribution >= 4 is 5.91 Å². The molecular formula is C26H30N2O. The largest absolute Gasteiger partial charge is 0.369 e. The van der Waals surface area contributed by atoms with Crippen molar-refractivity contribution in [2.24, 2.45) is 5.73 Å². The normalized spacial score (nSPS) is 11.5. The Kier molecular flexibility index (Phi) is 7.20. The summed E-state index contributed by atoms with van der Waals surface area (Å²) in [5.41, 5.74) is 8.51. The quantitative estimate of drug-likeness (QED) is 0.561. The van der Waals surface area contributed by atoms with Crippen LogP contribution in [0, 0.1) is 0 Å². The molecule has 0 atom stereocenters. The number of hydrogen-bond donors (Lipinski definition) is 1. The van der Waals surface area contributed by atoms with Crippen molar-refractivity contribution in [2.75, 3.05) is 20.1 Å². The van der Waals surface area contributed by atoms with Crippen molar-refractivity contribution < 1.29 is 4.79 Å². The summed E-state index contributed by atoms with van der Waals surface area (Å²) in [5, 5.41) is 0. The first-order valence-corrected chi connectivity index (χ1v) is 10.3. The fourth-order valence-electron chi connectivity index (χ4n) is 4.00. The van der Waals surface area contributed by atoms with Gasteiger partial charge >= 0.3 is 0 Å². The summed E-state index contributed by atoms with van der Waals surface area (Å²) < 4.78 is 0. The zero-order valence-corrected chi connectivity index (χ0v) is 17.1. The SMILES string of the molecule is CN(CCCC(C(N)=O)(c1ccccc1)c1ccccc1)CCc1ccccc1. The number of carbonyl (C=O) groups excluding carboxylic acids is 1. The van der Waals surface area contributed by atoms with Crippen LogP contribution in [0.1, 0.15) is 29.5 Å². The number of likely N-dealkylation sites (N-methyl/N-ethyl adjacent to an activating group) is 1. The number of hydrogen-bond acceptors (Lipinski definition) is 2. The minimum Gasteiger partial charge on any atom is -0.369 e. The summed E-state index contributed by atoms with van der Waals surface area (Å²) in [5.74, 6) is -0.290. The van der Waals surface area contributed by atoms with Gasteiger partial charge in [0.1, 0.15) is 0 Å².